The highest BCUT2D eigenvalue weighted by Gasteiger charge is 2.56. The maximum Gasteiger partial charge on any atom is 0.123 e. The number of fused-ring (bicyclic) bond motifs is 1. The van der Waals surface area contributed by atoms with Gasteiger partial charge in [0.25, 0.3) is 0 Å². The smallest absolute Gasteiger partial charge is 0.123 e. The Kier molecular flexibility index (Phi) is 1.68. The first-order chi connectivity index (χ1) is 6.78. The third-order valence-electron chi connectivity index (χ3n) is 3.67. The maximum atomic E-state index is 13.0. The largest absolute Gasteiger partial charge is 0.316 e. The lowest BCUT2D eigenvalue weighted by Crippen LogP contribution is -2.17. The summed E-state index contributed by atoms with van der Waals surface area (Å²) in [6.07, 6.45) is 2.37. The second kappa shape index (κ2) is 2.80. The van der Waals surface area contributed by atoms with Gasteiger partial charge in [0.2, 0.25) is 0 Å². The van der Waals surface area contributed by atoms with E-state index in [1.165, 1.54) is 12.5 Å². The molecule has 1 aromatic carbocycles. The summed E-state index contributed by atoms with van der Waals surface area (Å²) in [7, 11) is 0. The molecular weight excluding hydrogens is 177 g/mol. The summed E-state index contributed by atoms with van der Waals surface area (Å²) in [5.41, 5.74) is 1.63. The number of piperidine rings is 1. The molecule has 1 heterocycles. The third kappa shape index (κ3) is 1.25. The van der Waals surface area contributed by atoms with Gasteiger partial charge in [0.15, 0.2) is 0 Å². The van der Waals surface area contributed by atoms with E-state index in [9.17, 15) is 4.39 Å². The molecule has 1 aliphatic heterocycles. The Morgan fingerprint density at radius 1 is 1.50 bits per heavy atom. The standard InChI is InChI=1S/C12H14FN/c13-11-3-1-2-9(4-11)5-12-6-10(12)7-14-8-12/h1-4,10,14H,5-8H2. The molecule has 2 fully saturated rings. The minimum absolute atomic E-state index is 0.109. The monoisotopic (exact) mass is 191 g/mol. The molecule has 2 aliphatic rings. The van der Waals surface area contributed by atoms with Gasteiger partial charge in [0.1, 0.15) is 5.82 Å². The van der Waals surface area contributed by atoms with Gasteiger partial charge in [0, 0.05) is 6.54 Å². The molecule has 1 nitrogen and oxygen atoms in total. The minimum Gasteiger partial charge on any atom is -0.316 e. The average Bonchev–Trinajstić information content (AvgIpc) is 2.67. The zero-order valence-corrected chi connectivity index (χ0v) is 8.09. The van der Waals surface area contributed by atoms with Gasteiger partial charge in [-0.05, 0) is 48.4 Å². The van der Waals surface area contributed by atoms with Crippen LogP contribution < -0.4 is 5.32 Å². The van der Waals surface area contributed by atoms with Crippen LogP contribution >= 0.6 is 0 Å². The highest BCUT2D eigenvalue weighted by molar-refractivity contribution is 5.23. The second-order valence-corrected chi connectivity index (χ2v) is 4.70. The van der Waals surface area contributed by atoms with E-state index in [4.69, 9.17) is 0 Å². The van der Waals surface area contributed by atoms with Crippen molar-refractivity contribution in [1.29, 1.82) is 0 Å². The number of rotatable bonds is 2. The van der Waals surface area contributed by atoms with Crippen molar-refractivity contribution in [2.24, 2.45) is 11.3 Å². The lowest BCUT2D eigenvalue weighted by molar-refractivity contribution is 0.509. The highest BCUT2D eigenvalue weighted by Crippen LogP contribution is 2.56. The molecule has 1 saturated carbocycles. The molecule has 14 heavy (non-hydrogen) atoms. The predicted molar refractivity (Wildman–Crippen MR) is 53.5 cm³/mol. The summed E-state index contributed by atoms with van der Waals surface area (Å²) < 4.78 is 13.0. The molecular formula is C12H14FN. The maximum absolute atomic E-state index is 13.0. The lowest BCUT2D eigenvalue weighted by Gasteiger charge is -2.11. The van der Waals surface area contributed by atoms with Crippen molar-refractivity contribution in [1.82, 2.24) is 5.32 Å². The summed E-state index contributed by atoms with van der Waals surface area (Å²) in [6, 6.07) is 7.02. The molecule has 1 aliphatic carbocycles. The van der Waals surface area contributed by atoms with Gasteiger partial charge in [0.05, 0.1) is 0 Å². The van der Waals surface area contributed by atoms with E-state index in [1.54, 1.807) is 12.1 Å². The quantitative estimate of drug-likeness (QED) is 0.753. The Morgan fingerprint density at radius 2 is 2.43 bits per heavy atom. The van der Waals surface area contributed by atoms with Crippen molar-refractivity contribution in [3.05, 3.63) is 35.6 Å². The van der Waals surface area contributed by atoms with Crippen molar-refractivity contribution in [2.75, 3.05) is 13.1 Å². The predicted octanol–water partition coefficient (Wildman–Crippen LogP) is 1.98. The zero-order valence-electron chi connectivity index (χ0n) is 8.09. The van der Waals surface area contributed by atoms with Crippen LogP contribution in [0.4, 0.5) is 4.39 Å². The fraction of sp³-hybridized carbons (Fsp3) is 0.500. The van der Waals surface area contributed by atoms with Crippen LogP contribution in [0.2, 0.25) is 0 Å². The molecule has 2 atom stereocenters. The van der Waals surface area contributed by atoms with Crippen LogP contribution in [-0.2, 0) is 6.42 Å². The van der Waals surface area contributed by atoms with Crippen LogP contribution in [0.5, 0.6) is 0 Å². The topological polar surface area (TPSA) is 12.0 Å². The molecule has 0 bridgehead atoms. The van der Waals surface area contributed by atoms with Crippen LogP contribution in [0.15, 0.2) is 24.3 Å². The molecule has 1 aromatic rings. The van der Waals surface area contributed by atoms with E-state index < -0.39 is 0 Å². The SMILES string of the molecule is Fc1cccc(CC23CNCC2C3)c1. The zero-order chi connectivity index (χ0) is 9.60. The lowest BCUT2D eigenvalue weighted by atomic mass is 9.96. The van der Waals surface area contributed by atoms with Crippen LogP contribution in [0, 0.1) is 17.2 Å². The first-order valence-electron chi connectivity index (χ1n) is 5.24. The van der Waals surface area contributed by atoms with Gasteiger partial charge in [-0.25, -0.2) is 4.39 Å². The molecule has 3 rings (SSSR count). The van der Waals surface area contributed by atoms with E-state index in [2.05, 4.69) is 5.32 Å². The first-order valence-corrected chi connectivity index (χ1v) is 5.24. The van der Waals surface area contributed by atoms with E-state index in [-0.39, 0.29) is 5.82 Å². The Bertz CT molecular complexity index is 363. The van der Waals surface area contributed by atoms with Gasteiger partial charge in [-0.3, -0.25) is 0 Å². The Labute approximate surface area is 83.3 Å². The number of benzene rings is 1. The fourth-order valence-corrected chi connectivity index (χ4v) is 2.76. The third-order valence-corrected chi connectivity index (χ3v) is 3.67. The summed E-state index contributed by atoms with van der Waals surface area (Å²) >= 11 is 0. The number of halogens is 1. The van der Waals surface area contributed by atoms with Gasteiger partial charge < -0.3 is 5.32 Å². The fourth-order valence-electron chi connectivity index (χ4n) is 2.76. The van der Waals surface area contributed by atoms with Crippen molar-refractivity contribution in [3.8, 4) is 0 Å². The number of hydrogen-bond donors (Lipinski definition) is 1. The molecule has 1 saturated heterocycles. The molecule has 1 N–H and O–H groups in total. The average molecular weight is 191 g/mol. The molecule has 0 aromatic heterocycles. The minimum atomic E-state index is -0.109. The summed E-state index contributed by atoms with van der Waals surface area (Å²) in [6.45, 7) is 2.28. The molecule has 74 valence electrons. The van der Waals surface area contributed by atoms with E-state index in [1.807, 2.05) is 6.07 Å². The summed E-state index contributed by atoms with van der Waals surface area (Å²) in [5.74, 6) is 0.743. The van der Waals surface area contributed by atoms with Crippen molar-refractivity contribution < 1.29 is 4.39 Å². The van der Waals surface area contributed by atoms with Crippen LogP contribution in [0.25, 0.3) is 0 Å². The van der Waals surface area contributed by atoms with Crippen molar-refractivity contribution >= 4 is 0 Å². The number of hydrogen-bond acceptors (Lipinski definition) is 1. The highest BCUT2D eigenvalue weighted by atomic mass is 19.1. The Morgan fingerprint density at radius 3 is 3.07 bits per heavy atom. The Hall–Kier alpha value is -0.890. The van der Waals surface area contributed by atoms with E-state index in [0.717, 1.165) is 31.0 Å². The summed E-state index contributed by atoms with van der Waals surface area (Å²) in [4.78, 5) is 0. The normalized spacial score (nSPS) is 34.2. The van der Waals surface area contributed by atoms with Crippen LogP contribution in [0.3, 0.4) is 0 Å². The second-order valence-electron chi connectivity index (χ2n) is 4.70. The van der Waals surface area contributed by atoms with Gasteiger partial charge in [-0.2, -0.15) is 0 Å². The molecule has 0 spiro atoms. The van der Waals surface area contributed by atoms with Crippen molar-refractivity contribution in [2.45, 2.75) is 12.8 Å². The van der Waals surface area contributed by atoms with E-state index >= 15 is 0 Å². The molecule has 2 unspecified atom stereocenters. The first kappa shape index (κ1) is 8.42. The van der Waals surface area contributed by atoms with Gasteiger partial charge in [-0.15, -0.1) is 0 Å². The van der Waals surface area contributed by atoms with Crippen LogP contribution in [0.1, 0.15) is 12.0 Å². The van der Waals surface area contributed by atoms with Crippen LogP contribution in [-0.4, -0.2) is 13.1 Å². The van der Waals surface area contributed by atoms with Gasteiger partial charge >= 0.3 is 0 Å². The molecule has 0 amide bonds. The van der Waals surface area contributed by atoms with E-state index in [0.29, 0.717) is 5.41 Å². The molecule has 2 heteroatoms. The summed E-state index contributed by atoms with van der Waals surface area (Å²) in [5, 5.41) is 3.40. The van der Waals surface area contributed by atoms with Crippen molar-refractivity contribution in [3.63, 3.8) is 0 Å². The molecule has 0 radical (unpaired) electrons. The number of nitrogens with one attached hydrogen (secondary N) is 1. The Balaban J connectivity index is 1.79. The van der Waals surface area contributed by atoms with Gasteiger partial charge in [-0.1, -0.05) is 12.1 Å².